The number of benzene rings is 3. The predicted molar refractivity (Wildman–Crippen MR) is 128 cm³/mol. The molecule has 1 unspecified atom stereocenters. The van der Waals surface area contributed by atoms with Crippen molar-refractivity contribution in [2.45, 2.75) is 25.8 Å². The van der Waals surface area contributed by atoms with Crippen molar-refractivity contribution in [2.75, 3.05) is 5.32 Å². The first kappa shape index (κ1) is 22.9. The van der Waals surface area contributed by atoms with Crippen LogP contribution in [0.3, 0.4) is 0 Å². The van der Waals surface area contributed by atoms with Crippen molar-refractivity contribution in [3.8, 4) is 11.3 Å². The van der Waals surface area contributed by atoms with E-state index in [0.717, 1.165) is 5.56 Å². The molecule has 3 aromatic carbocycles. The van der Waals surface area contributed by atoms with E-state index in [-0.39, 0.29) is 30.7 Å². The van der Waals surface area contributed by atoms with E-state index in [1.807, 2.05) is 37.3 Å². The van der Waals surface area contributed by atoms with Crippen LogP contribution in [-0.2, 0) is 11.2 Å². The largest absolute Gasteiger partial charge is 0.441 e. The fourth-order valence-corrected chi connectivity index (χ4v) is 3.53. The second-order valence-electron chi connectivity index (χ2n) is 7.80. The standard InChI is InChI=1S/C27H24FN3O3/c1-18(19-9-3-2-4-10-19)30-27(33)21-12-6-8-14-23(21)31-25(32)15-16-26-29-17-24(34-26)20-11-5-7-13-22(20)28/h2-14,17-18H,15-16H2,1H3,(H,30,33)(H,31,32). The number of anilines is 1. The van der Waals surface area contributed by atoms with Crippen molar-refractivity contribution in [3.63, 3.8) is 0 Å². The van der Waals surface area contributed by atoms with Crippen LogP contribution in [0.5, 0.6) is 0 Å². The summed E-state index contributed by atoms with van der Waals surface area (Å²) >= 11 is 0. The Labute approximate surface area is 196 Å². The van der Waals surface area contributed by atoms with Gasteiger partial charge in [-0.25, -0.2) is 9.37 Å². The van der Waals surface area contributed by atoms with E-state index in [0.29, 0.717) is 28.5 Å². The lowest BCUT2D eigenvalue weighted by Gasteiger charge is -2.16. The second kappa shape index (κ2) is 10.6. The van der Waals surface area contributed by atoms with E-state index < -0.39 is 5.82 Å². The van der Waals surface area contributed by atoms with Crippen molar-refractivity contribution in [1.82, 2.24) is 10.3 Å². The van der Waals surface area contributed by atoms with Gasteiger partial charge in [0, 0.05) is 12.8 Å². The third-order valence-electron chi connectivity index (χ3n) is 5.35. The highest BCUT2D eigenvalue weighted by atomic mass is 19.1. The first-order valence-electron chi connectivity index (χ1n) is 11.0. The fourth-order valence-electron chi connectivity index (χ4n) is 3.53. The number of hydrogen-bond acceptors (Lipinski definition) is 4. The van der Waals surface area contributed by atoms with Crippen LogP contribution < -0.4 is 10.6 Å². The number of aryl methyl sites for hydroxylation is 1. The summed E-state index contributed by atoms with van der Waals surface area (Å²) in [4.78, 5) is 29.6. The number of halogens is 1. The topological polar surface area (TPSA) is 84.2 Å². The lowest BCUT2D eigenvalue weighted by molar-refractivity contribution is -0.116. The third kappa shape index (κ3) is 5.56. The molecule has 0 aliphatic heterocycles. The van der Waals surface area contributed by atoms with Gasteiger partial charge in [-0.15, -0.1) is 0 Å². The summed E-state index contributed by atoms with van der Waals surface area (Å²) in [5, 5.41) is 5.75. The maximum absolute atomic E-state index is 13.9. The summed E-state index contributed by atoms with van der Waals surface area (Å²) in [7, 11) is 0. The Hall–Kier alpha value is -4.26. The fraction of sp³-hybridized carbons (Fsp3) is 0.148. The van der Waals surface area contributed by atoms with Gasteiger partial charge in [0.15, 0.2) is 11.7 Å². The zero-order chi connectivity index (χ0) is 23.9. The minimum absolute atomic E-state index is 0.0909. The van der Waals surface area contributed by atoms with Crippen LogP contribution in [0.4, 0.5) is 10.1 Å². The van der Waals surface area contributed by atoms with Crippen molar-refractivity contribution >= 4 is 17.5 Å². The first-order valence-corrected chi connectivity index (χ1v) is 11.0. The molecule has 4 rings (SSSR count). The molecule has 0 aliphatic carbocycles. The second-order valence-corrected chi connectivity index (χ2v) is 7.80. The number of para-hydroxylation sites is 1. The van der Waals surface area contributed by atoms with Crippen LogP contribution in [0.15, 0.2) is 89.5 Å². The maximum atomic E-state index is 13.9. The average molecular weight is 458 g/mol. The van der Waals surface area contributed by atoms with Crippen LogP contribution >= 0.6 is 0 Å². The Kier molecular flexibility index (Phi) is 7.13. The van der Waals surface area contributed by atoms with Crippen LogP contribution in [0, 0.1) is 5.82 Å². The molecule has 2 amide bonds. The number of oxazole rings is 1. The van der Waals surface area contributed by atoms with Gasteiger partial charge in [0.1, 0.15) is 5.82 Å². The van der Waals surface area contributed by atoms with Crippen LogP contribution in [0.25, 0.3) is 11.3 Å². The quantitative estimate of drug-likeness (QED) is 0.364. The van der Waals surface area contributed by atoms with Gasteiger partial charge in [0.2, 0.25) is 5.91 Å². The Morgan fingerprint density at radius 3 is 2.47 bits per heavy atom. The Morgan fingerprint density at radius 1 is 0.971 bits per heavy atom. The summed E-state index contributed by atoms with van der Waals surface area (Å²) in [5.74, 6) is -0.338. The zero-order valence-electron chi connectivity index (χ0n) is 18.6. The van der Waals surface area contributed by atoms with Gasteiger partial charge in [-0.3, -0.25) is 9.59 Å². The molecule has 0 saturated heterocycles. The summed E-state index contributed by atoms with van der Waals surface area (Å²) in [5.41, 5.74) is 2.09. The molecule has 172 valence electrons. The molecule has 0 aliphatic rings. The predicted octanol–water partition coefficient (Wildman–Crippen LogP) is 5.54. The number of carbonyl (C=O) groups is 2. The minimum atomic E-state index is -0.403. The number of hydrogen-bond donors (Lipinski definition) is 2. The summed E-state index contributed by atoms with van der Waals surface area (Å²) in [6.45, 7) is 1.90. The van der Waals surface area contributed by atoms with Gasteiger partial charge in [-0.1, -0.05) is 54.6 Å². The highest BCUT2D eigenvalue weighted by molar-refractivity contribution is 6.03. The number of rotatable bonds is 8. The molecule has 7 heteroatoms. The minimum Gasteiger partial charge on any atom is -0.441 e. The first-order chi connectivity index (χ1) is 16.5. The summed E-state index contributed by atoms with van der Waals surface area (Å²) in [6.07, 6.45) is 1.77. The van der Waals surface area contributed by atoms with Gasteiger partial charge in [-0.05, 0) is 36.8 Å². The Balaban J connectivity index is 1.37. The SMILES string of the molecule is CC(NC(=O)c1ccccc1NC(=O)CCc1ncc(-c2ccccc2F)o1)c1ccccc1. The lowest BCUT2D eigenvalue weighted by Crippen LogP contribution is -2.28. The molecular formula is C27H24FN3O3. The van der Waals surface area contributed by atoms with E-state index in [4.69, 9.17) is 4.42 Å². The van der Waals surface area contributed by atoms with Crippen molar-refractivity contribution in [2.24, 2.45) is 0 Å². The van der Waals surface area contributed by atoms with Crippen LogP contribution in [-0.4, -0.2) is 16.8 Å². The molecule has 1 heterocycles. The molecule has 4 aromatic rings. The smallest absolute Gasteiger partial charge is 0.253 e. The van der Waals surface area contributed by atoms with Crippen molar-refractivity contribution in [1.29, 1.82) is 0 Å². The van der Waals surface area contributed by atoms with Gasteiger partial charge in [0.25, 0.3) is 5.91 Å². The summed E-state index contributed by atoms with van der Waals surface area (Å²) in [6, 6.07) is 22.6. The van der Waals surface area contributed by atoms with E-state index in [1.54, 1.807) is 42.5 Å². The molecule has 1 aromatic heterocycles. The molecule has 1 atom stereocenters. The molecule has 0 saturated carbocycles. The Morgan fingerprint density at radius 2 is 1.68 bits per heavy atom. The van der Waals surface area contributed by atoms with Crippen molar-refractivity contribution < 1.29 is 18.4 Å². The highest BCUT2D eigenvalue weighted by Crippen LogP contribution is 2.24. The third-order valence-corrected chi connectivity index (χ3v) is 5.35. The molecule has 2 N–H and O–H groups in total. The Bertz CT molecular complexity index is 1290. The molecule has 34 heavy (non-hydrogen) atoms. The van der Waals surface area contributed by atoms with Crippen molar-refractivity contribution in [3.05, 3.63) is 108 Å². The van der Waals surface area contributed by atoms with E-state index in [9.17, 15) is 14.0 Å². The molecule has 0 radical (unpaired) electrons. The number of nitrogens with one attached hydrogen (secondary N) is 2. The molecule has 0 bridgehead atoms. The lowest BCUT2D eigenvalue weighted by atomic mass is 10.1. The van der Waals surface area contributed by atoms with Gasteiger partial charge < -0.3 is 15.1 Å². The zero-order valence-corrected chi connectivity index (χ0v) is 18.6. The van der Waals surface area contributed by atoms with Gasteiger partial charge >= 0.3 is 0 Å². The van der Waals surface area contributed by atoms with Gasteiger partial charge in [-0.2, -0.15) is 0 Å². The molecule has 0 spiro atoms. The summed E-state index contributed by atoms with van der Waals surface area (Å²) < 4.78 is 19.5. The average Bonchev–Trinajstić information content (AvgIpc) is 3.32. The molecule has 0 fully saturated rings. The van der Waals surface area contributed by atoms with Crippen LogP contribution in [0.2, 0.25) is 0 Å². The maximum Gasteiger partial charge on any atom is 0.253 e. The number of carbonyl (C=O) groups excluding carboxylic acids is 2. The normalized spacial score (nSPS) is 11.6. The van der Waals surface area contributed by atoms with Crippen LogP contribution in [0.1, 0.15) is 41.2 Å². The molecular weight excluding hydrogens is 433 g/mol. The van der Waals surface area contributed by atoms with E-state index in [2.05, 4.69) is 15.6 Å². The van der Waals surface area contributed by atoms with E-state index >= 15 is 0 Å². The monoisotopic (exact) mass is 457 g/mol. The number of nitrogens with zero attached hydrogens (tertiary/aromatic N) is 1. The van der Waals surface area contributed by atoms with E-state index in [1.165, 1.54) is 12.3 Å². The van der Waals surface area contributed by atoms with Gasteiger partial charge in [0.05, 0.1) is 29.1 Å². The molecule has 6 nitrogen and oxygen atoms in total. The number of aromatic nitrogens is 1. The number of amides is 2. The highest BCUT2D eigenvalue weighted by Gasteiger charge is 2.17.